The lowest BCUT2D eigenvalue weighted by Crippen LogP contribution is -2.08. The fourth-order valence-corrected chi connectivity index (χ4v) is 4.68. The second-order valence-corrected chi connectivity index (χ2v) is 8.88. The number of rotatable bonds is 6. The SMILES string of the molecule is N#Cc1c(SCC(=O)OCc2ccccc2)nc2c(c1-c1ccc(Br)cc1)CCC2. The van der Waals surface area contributed by atoms with E-state index in [0.29, 0.717) is 10.6 Å². The number of esters is 1. The lowest BCUT2D eigenvalue weighted by atomic mass is 9.95. The molecule has 30 heavy (non-hydrogen) atoms. The van der Waals surface area contributed by atoms with Crippen LogP contribution in [-0.2, 0) is 29.0 Å². The molecule has 1 aromatic heterocycles. The number of benzene rings is 2. The minimum absolute atomic E-state index is 0.118. The van der Waals surface area contributed by atoms with Crippen molar-refractivity contribution in [3.8, 4) is 17.2 Å². The highest BCUT2D eigenvalue weighted by Gasteiger charge is 2.24. The molecule has 6 heteroatoms. The first-order valence-electron chi connectivity index (χ1n) is 9.70. The van der Waals surface area contributed by atoms with Crippen molar-refractivity contribution in [2.24, 2.45) is 0 Å². The summed E-state index contributed by atoms with van der Waals surface area (Å²) in [6, 6.07) is 19.9. The van der Waals surface area contributed by atoms with Crippen molar-refractivity contribution in [2.75, 3.05) is 5.75 Å². The molecule has 4 rings (SSSR count). The number of aryl methyl sites for hydroxylation is 1. The summed E-state index contributed by atoms with van der Waals surface area (Å²) in [5.41, 5.74) is 5.63. The van der Waals surface area contributed by atoms with Crippen LogP contribution in [-0.4, -0.2) is 16.7 Å². The molecule has 0 aliphatic heterocycles. The fraction of sp³-hybridized carbons (Fsp3) is 0.208. The summed E-state index contributed by atoms with van der Waals surface area (Å²) in [5, 5.41) is 10.5. The molecule has 0 radical (unpaired) electrons. The van der Waals surface area contributed by atoms with Crippen molar-refractivity contribution < 1.29 is 9.53 Å². The molecule has 0 atom stereocenters. The van der Waals surface area contributed by atoms with E-state index in [2.05, 4.69) is 22.0 Å². The summed E-state index contributed by atoms with van der Waals surface area (Å²) in [6.07, 6.45) is 2.85. The third-order valence-electron chi connectivity index (χ3n) is 5.00. The lowest BCUT2D eigenvalue weighted by molar-refractivity contribution is -0.141. The quantitative estimate of drug-likeness (QED) is 0.335. The zero-order chi connectivity index (χ0) is 20.9. The van der Waals surface area contributed by atoms with Crippen LogP contribution >= 0.6 is 27.7 Å². The Morgan fingerprint density at radius 2 is 1.90 bits per heavy atom. The van der Waals surface area contributed by atoms with Crippen LogP contribution in [0.15, 0.2) is 64.1 Å². The first kappa shape index (κ1) is 20.6. The van der Waals surface area contributed by atoms with Gasteiger partial charge in [0.25, 0.3) is 0 Å². The Morgan fingerprint density at radius 3 is 2.63 bits per heavy atom. The second-order valence-electron chi connectivity index (χ2n) is 7.00. The van der Waals surface area contributed by atoms with Crippen molar-refractivity contribution >= 4 is 33.7 Å². The molecule has 1 heterocycles. The molecule has 2 aromatic carbocycles. The van der Waals surface area contributed by atoms with Crippen LogP contribution in [0.3, 0.4) is 0 Å². The smallest absolute Gasteiger partial charge is 0.316 e. The van der Waals surface area contributed by atoms with Gasteiger partial charge in [0, 0.05) is 15.7 Å². The van der Waals surface area contributed by atoms with E-state index < -0.39 is 0 Å². The van der Waals surface area contributed by atoms with Crippen LogP contribution in [0.25, 0.3) is 11.1 Å². The van der Waals surface area contributed by atoms with Crippen molar-refractivity contribution in [1.82, 2.24) is 4.98 Å². The average molecular weight is 479 g/mol. The van der Waals surface area contributed by atoms with Crippen LogP contribution in [0.4, 0.5) is 0 Å². The van der Waals surface area contributed by atoms with E-state index in [1.54, 1.807) is 0 Å². The van der Waals surface area contributed by atoms with Gasteiger partial charge in [0.1, 0.15) is 17.7 Å². The van der Waals surface area contributed by atoms with Crippen LogP contribution in [0.5, 0.6) is 0 Å². The third kappa shape index (κ3) is 4.58. The van der Waals surface area contributed by atoms with E-state index in [4.69, 9.17) is 9.72 Å². The Hall–Kier alpha value is -2.62. The normalized spacial score (nSPS) is 12.3. The maximum Gasteiger partial charge on any atom is 0.316 e. The van der Waals surface area contributed by atoms with Gasteiger partial charge >= 0.3 is 5.97 Å². The molecule has 4 nitrogen and oxygen atoms in total. The number of carbonyl (C=O) groups excluding carboxylic acids is 1. The average Bonchev–Trinajstić information content (AvgIpc) is 3.24. The largest absolute Gasteiger partial charge is 0.460 e. The molecule has 1 aliphatic rings. The highest BCUT2D eigenvalue weighted by atomic mass is 79.9. The number of nitrogens with zero attached hydrogens (tertiary/aromatic N) is 2. The van der Waals surface area contributed by atoms with Gasteiger partial charge < -0.3 is 4.74 Å². The van der Waals surface area contributed by atoms with E-state index >= 15 is 0 Å². The summed E-state index contributed by atoms with van der Waals surface area (Å²) in [5.74, 6) is -0.201. The van der Waals surface area contributed by atoms with E-state index in [-0.39, 0.29) is 18.3 Å². The van der Waals surface area contributed by atoms with Crippen LogP contribution in [0, 0.1) is 11.3 Å². The first-order chi connectivity index (χ1) is 14.7. The number of fused-ring (bicyclic) bond motifs is 1. The van der Waals surface area contributed by atoms with Crippen molar-refractivity contribution in [3.05, 3.63) is 81.5 Å². The number of aromatic nitrogens is 1. The Balaban J connectivity index is 1.56. The minimum Gasteiger partial charge on any atom is -0.460 e. The van der Waals surface area contributed by atoms with Gasteiger partial charge in [-0.25, -0.2) is 4.98 Å². The number of thioether (sulfide) groups is 1. The topological polar surface area (TPSA) is 63.0 Å². The number of nitriles is 1. The van der Waals surface area contributed by atoms with Crippen molar-refractivity contribution in [3.63, 3.8) is 0 Å². The molecule has 1 aliphatic carbocycles. The first-order valence-corrected chi connectivity index (χ1v) is 11.5. The van der Waals surface area contributed by atoms with E-state index in [1.807, 2.05) is 54.6 Å². The van der Waals surface area contributed by atoms with E-state index in [1.165, 1.54) is 11.8 Å². The highest BCUT2D eigenvalue weighted by Crippen LogP contribution is 2.38. The number of hydrogen-bond donors (Lipinski definition) is 0. The predicted octanol–water partition coefficient (Wildman–Crippen LogP) is 5.71. The molecule has 0 amide bonds. The van der Waals surface area contributed by atoms with Gasteiger partial charge in [0.05, 0.1) is 11.3 Å². The van der Waals surface area contributed by atoms with Crippen LogP contribution in [0.1, 0.15) is 28.8 Å². The van der Waals surface area contributed by atoms with Gasteiger partial charge in [-0.05, 0) is 48.1 Å². The summed E-state index contributed by atoms with van der Waals surface area (Å²) in [6.45, 7) is 0.243. The molecule has 0 bridgehead atoms. The van der Waals surface area contributed by atoms with Gasteiger partial charge in [0.15, 0.2) is 0 Å². The Bertz CT molecular complexity index is 1110. The maximum atomic E-state index is 12.3. The number of halogens is 1. The zero-order valence-electron chi connectivity index (χ0n) is 16.2. The molecular weight excluding hydrogens is 460 g/mol. The van der Waals surface area contributed by atoms with E-state index in [0.717, 1.165) is 51.7 Å². The number of pyridine rings is 1. The summed E-state index contributed by atoms with van der Waals surface area (Å²) in [4.78, 5) is 17.0. The van der Waals surface area contributed by atoms with Gasteiger partial charge in [-0.1, -0.05) is 70.2 Å². The summed E-state index contributed by atoms with van der Waals surface area (Å²) >= 11 is 4.75. The Kier molecular flexibility index (Phi) is 6.51. The third-order valence-corrected chi connectivity index (χ3v) is 6.48. The zero-order valence-corrected chi connectivity index (χ0v) is 18.6. The predicted molar refractivity (Wildman–Crippen MR) is 121 cm³/mol. The molecule has 0 spiro atoms. The molecule has 0 saturated heterocycles. The van der Waals surface area contributed by atoms with Crippen LogP contribution < -0.4 is 0 Å². The number of carbonyl (C=O) groups is 1. The van der Waals surface area contributed by atoms with Crippen molar-refractivity contribution in [1.29, 1.82) is 5.26 Å². The van der Waals surface area contributed by atoms with E-state index in [9.17, 15) is 10.1 Å². The molecule has 0 saturated carbocycles. The molecular formula is C24H19BrN2O2S. The summed E-state index contributed by atoms with van der Waals surface area (Å²) < 4.78 is 6.36. The van der Waals surface area contributed by atoms with Gasteiger partial charge in [-0.15, -0.1) is 0 Å². The standard InChI is InChI=1S/C24H19BrN2O2S/c25-18-11-9-17(10-12-18)23-19-7-4-8-21(19)27-24(20(23)13-26)30-15-22(28)29-14-16-5-2-1-3-6-16/h1-3,5-6,9-12H,4,7-8,14-15H2. The molecule has 3 aromatic rings. The number of hydrogen-bond acceptors (Lipinski definition) is 5. The molecule has 150 valence electrons. The van der Waals surface area contributed by atoms with Crippen LogP contribution in [0.2, 0.25) is 0 Å². The maximum absolute atomic E-state index is 12.3. The molecule has 0 unspecified atom stereocenters. The molecule has 0 fully saturated rings. The Labute approximate surface area is 188 Å². The lowest BCUT2D eigenvalue weighted by Gasteiger charge is -2.14. The molecule has 0 N–H and O–H groups in total. The fourth-order valence-electron chi connectivity index (χ4n) is 3.61. The Morgan fingerprint density at radius 1 is 1.13 bits per heavy atom. The minimum atomic E-state index is -0.319. The van der Waals surface area contributed by atoms with Gasteiger partial charge in [-0.3, -0.25) is 4.79 Å². The summed E-state index contributed by atoms with van der Waals surface area (Å²) in [7, 11) is 0. The second kappa shape index (κ2) is 9.46. The highest BCUT2D eigenvalue weighted by molar-refractivity contribution is 9.10. The van der Waals surface area contributed by atoms with Gasteiger partial charge in [0.2, 0.25) is 0 Å². The van der Waals surface area contributed by atoms with Crippen molar-refractivity contribution in [2.45, 2.75) is 30.9 Å². The number of ether oxygens (including phenoxy) is 1. The van der Waals surface area contributed by atoms with Gasteiger partial charge in [-0.2, -0.15) is 5.26 Å². The monoisotopic (exact) mass is 478 g/mol.